The quantitative estimate of drug-likeness (QED) is 0.704. The zero-order chi connectivity index (χ0) is 13.7. The minimum absolute atomic E-state index is 0.240. The van der Waals surface area contributed by atoms with E-state index in [4.69, 9.17) is 4.74 Å². The molecule has 1 unspecified atom stereocenters. The van der Waals surface area contributed by atoms with E-state index in [1.807, 2.05) is 0 Å². The van der Waals surface area contributed by atoms with Crippen LogP contribution in [-0.2, 0) is 0 Å². The second-order valence-corrected chi connectivity index (χ2v) is 6.00. The van der Waals surface area contributed by atoms with Crippen molar-refractivity contribution in [3.05, 3.63) is 29.8 Å². The second-order valence-electron chi connectivity index (χ2n) is 6.00. The van der Waals surface area contributed by atoms with Crippen LogP contribution in [0.3, 0.4) is 0 Å². The van der Waals surface area contributed by atoms with E-state index in [9.17, 15) is 0 Å². The Morgan fingerprint density at radius 2 is 1.84 bits per heavy atom. The maximum atomic E-state index is 5.66. The van der Waals surface area contributed by atoms with Crippen molar-refractivity contribution < 1.29 is 4.74 Å². The molecule has 1 atom stereocenters. The number of rotatable bonds is 8. The Morgan fingerprint density at radius 1 is 1.16 bits per heavy atom. The van der Waals surface area contributed by atoms with Crippen LogP contribution in [-0.4, -0.2) is 12.6 Å². The Kier molecular flexibility index (Phi) is 5.26. The summed E-state index contributed by atoms with van der Waals surface area (Å²) in [7, 11) is 0. The van der Waals surface area contributed by atoms with Crippen LogP contribution in [0.4, 0.5) is 0 Å². The van der Waals surface area contributed by atoms with E-state index in [2.05, 4.69) is 50.4 Å². The molecule has 0 spiro atoms. The van der Waals surface area contributed by atoms with E-state index in [0.29, 0.717) is 6.04 Å². The van der Waals surface area contributed by atoms with Crippen molar-refractivity contribution in [2.24, 2.45) is 5.92 Å². The van der Waals surface area contributed by atoms with Crippen molar-refractivity contribution in [2.45, 2.75) is 58.6 Å². The standard InChI is InChI=1S/C17H27NO/c1-13(2)19-17-10-8-16(9-11-17)14(3)18-12-4-5-15-6-7-15/h8-11,13-15,18H,4-7,12H2,1-3H3. The van der Waals surface area contributed by atoms with E-state index in [1.54, 1.807) is 0 Å². The number of nitrogens with one attached hydrogen (secondary N) is 1. The van der Waals surface area contributed by atoms with Crippen LogP contribution in [0.1, 0.15) is 58.1 Å². The van der Waals surface area contributed by atoms with Gasteiger partial charge in [-0.25, -0.2) is 0 Å². The normalized spacial score (nSPS) is 16.6. The molecule has 1 aliphatic rings. The number of benzene rings is 1. The molecule has 2 rings (SSSR count). The molecule has 1 aromatic carbocycles. The van der Waals surface area contributed by atoms with Crippen LogP contribution < -0.4 is 10.1 Å². The molecule has 0 radical (unpaired) electrons. The largest absolute Gasteiger partial charge is 0.491 e. The summed E-state index contributed by atoms with van der Waals surface area (Å²) in [5.41, 5.74) is 1.34. The zero-order valence-corrected chi connectivity index (χ0v) is 12.5. The summed E-state index contributed by atoms with van der Waals surface area (Å²) in [6.45, 7) is 7.47. The Bertz CT molecular complexity index is 367. The lowest BCUT2D eigenvalue weighted by atomic mass is 10.1. The van der Waals surface area contributed by atoms with Crippen molar-refractivity contribution in [3.8, 4) is 5.75 Å². The van der Waals surface area contributed by atoms with Gasteiger partial charge < -0.3 is 10.1 Å². The van der Waals surface area contributed by atoms with Gasteiger partial charge in [0.1, 0.15) is 5.75 Å². The lowest BCUT2D eigenvalue weighted by molar-refractivity contribution is 0.242. The number of hydrogen-bond donors (Lipinski definition) is 1. The highest BCUT2D eigenvalue weighted by Gasteiger charge is 2.20. The highest BCUT2D eigenvalue weighted by atomic mass is 16.5. The van der Waals surface area contributed by atoms with Gasteiger partial charge in [-0.15, -0.1) is 0 Å². The van der Waals surface area contributed by atoms with Crippen molar-refractivity contribution in [1.29, 1.82) is 0 Å². The topological polar surface area (TPSA) is 21.3 Å². The van der Waals surface area contributed by atoms with Crippen molar-refractivity contribution >= 4 is 0 Å². The smallest absolute Gasteiger partial charge is 0.119 e. The lowest BCUT2D eigenvalue weighted by Crippen LogP contribution is -2.19. The zero-order valence-electron chi connectivity index (χ0n) is 12.5. The molecule has 1 fully saturated rings. The molecule has 0 saturated heterocycles. The Balaban J connectivity index is 1.72. The summed E-state index contributed by atoms with van der Waals surface area (Å²) in [5, 5.41) is 3.60. The van der Waals surface area contributed by atoms with Crippen LogP contribution >= 0.6 is 0 Å². The predicted octanol–water partition coefficient (Wildman–Crippen LogP) is 4.31. The molecule has 1 saturated carbocycles. The van der Waals surface area contributed by atoms with Crippen LogP contribution in [0.15, 0.2) is 24.3 Å². The SMILES string of the molecule is CC(C)Oc1ccc(C(C)NCCCC2CC2)cc1. The summed E-state index contributed by atoms with van der Waals surface area (Å²) in [6.07, 6.45) is 5.88. The number of ether oxygens (including phenoxy) is 1. The fraction of sp³-hybridized carbons (Fsp3) is 0.647. The third-order valence-electron chi connectivity index (χ3n) is 3.69. The van der Waals surface area contributed by atoms with Gasteiger partial charge in [0.25, 0.3) is 0 Å². The molecule has 0 aromatic heterocycles. The minimum atomic E-state index is 0.240. The molecule has 1 aliphatic carbocycles. The first-order valence-electron chi connectivity index (χ1n) is 7.65. The average molecular weight is 261 g/mol. The molecule has 2 heteroatoms. The molecule has 0 aliphatic heterocycles. The van der Waals surface area contributed by atoms with Gasteiger partial charge in [0.2, 0.25) is 0 Å². The fourth-order valence-electron chi connectivity index (χ4n) is 2.34. The predicted molar refractivity (Wildman–Crippen MR) is 80.6 cm³/mol. The van der Waals surface area contributed by atoms with Crippen molar-refractivity contribution in [3.63, 3.8) is 0 Å². The van der Waals surface area contributed by atoms with Crippen molar-refractivity contribution in [1.82, 2.24) is 5.32 Å². The van der Waals surface area contributed by atoms with Gasteiger partial charge >= 0.3 is 0 Å². The van der Waals surface area contributed by atoms with Crippen LogP contribution in [0.25, 0.3) is 0 Å². The van der Waals surface area contributed by atoms with Crippen LogP contribution in [0, 0.1) is 5.92 Å². The van der Waals surface area contributed by atoms with E-state index in [1.165, 1.54) is 31.2 Å². The Labute approximate surface area is 117 Å². The number of hydrogen-bond acceptors (Lipinski definition) is 2. The first-order chi connectivity index (χ1) is 9.15. The third kappa shape index (κ3) is 5.23. The molecule has 0 bridgehead atoms. The second kappa shape index (κ2) is 6.95. The van der Waals surface area contributed by atoms with Gasteiger partial charge in [-0.3, -0.25) is 0 Å². The van der Waals surface area contributed by atoms with E-state index in [-0.39, 0.29) is 6.10 Å². The molecular weight excluding hydrogens is 234 g/mol. The highest BCUT2D eigenvalue weighted by Crippen LogP contribution is 2.33. The summed E-state index contributed by atoms with van der Waals surface area (Å²) < 4.78 is 5.66. The molecule has 0 heterocycles. The minimum Gasteiger partial charge on any atom is -0.491 e. The third-order valence-corrected chi connectivity index (χ3v) is 3.69. The maximum Gasteiger partial charge on any atom is 0.119 e. The lowest BCUT2D eigenvalue weighted by Gasteiger charge is -2.15. The van der Waals surface area contributed by atoms with Gasteiger partial charge in [0.15, 0.2) is 0 Å². The van der Waals surface area contributed by atoms with Gasteiger partial charge in [0, 0.05) is 6.04 Å². The summed E-state index contributed by atoms with van der Waals surface area (Å²) >= 11 is 0. The van der Waals surface area contributed by atoms with Gasteiger partial charge in [-0.1, -0.05) is 25.0 Å². The van der Waals surface area contributed by atoms with E-state index >= 15 is 0 Å². The Morgan fingerprint density at radius 3 is 2.42 bits per heavy atom. The maximum absolute atomic E-state index is 5.66. The van der Waals surface area contributed by atoms with E-state index < -0.39 is 0 Å². The Hall–Kier alpha value is -1.02. The van der Waals surface area contributed by atoms with Crippen LogP contribution in [0.5, 0.6) is 5.75 Å². The monoisotopic (exact) mass is 261 g/mol. The summed E-state index contributed by atoms with van der Waals surface area (Å²) in [6, 6.07) is 8.88. The molecule has 1 N–H and O–H groups in total. The molecule has 2 nitrogen and oxygen atoms in total. The molecule has 0 amide bonds. The summed E-state index contributed by atoms with van der Waals surface area (Å²) in [4.78, 5) is 0. The molecular formula is C17H27NO. The van der Waals surface area contributed by atoms with E-state index in [0.717, 1.165) is 18.2 Å². The van der Waals surface area contributed by atoms with Gasteiger partial charge in [-0.05, 0) is 63.8 Å². The molecule has 1 aromatic rings. The molecule has 19 heavy (non-hydrogen) atoms. The first-order valence-corrected chi connectivity index (χ1v) is 7.65. The first kappa shape index (κ1) is 14.4. The highest BCUT2D eigenvalue weighted by molar-refractivity contribution is 5.29. The van der Waals surface area contributed by atoms with Gasteiger partial charge in [0.05, 0.1) is 6.10 Å². The van der Waals surface area contributed by atoms with Gasteiger partial charge in [-0.2, -0.15) is 0 Å². The fourth-order valence-corrected chi connectivity index (χ4v) is 2.34. The molecule has 106 valence electrons. The van der Waals surface area contributed by atoms with Crippen LogP contribution in [0.2, 0.25) is 0 Å². The summed E-state index contributed by atoms with van der Waals surface area (Å²) in [5.74, 6) is 2.00. The van der Waals surface area contributed by atoms with Crippen molar-refractivity contribution in [2.75, 3.05) is 6.54 Å². The average Bonchev–Trinajstić information content (AvgIpc) is 3.18.